The Kier molecular flexibility index (Phi) is 9.12. The van der Waals surface area contributed by atoms with Crippen molar-refractivity contribution < 1.29 is 19.1 Å². The Bertz CT molecular complexity index is 750. The molecule has 0 N–H and O–H groups in total. The van der Waals surface area contributed by atoms with Gasteiger partial charge in [-0.25, -0.2) is 14.5 Å². The molecule has 5 aliphatic heterocycles. The number of ether oxygens (including phenoxy) is 2. The lowest BCUT2D eigenvalue weighted by molar-refractivity contribution is -0.0383. The molecule has 0 aromatic carbocycles. The Balaban J connectivity index is 1.31. The summed E-state index contributed by atoms with van der Waals surface area (Å²) in [5.74, 6) is 1.32. The minimum Gasteiger partial charge on any atom is -0.443 e. The molecule has 212 valence electrons. The first-order valence-corrected chi connectivity index (χ1v) is 14.8. The number of hydrogen-bond donors (Lipinski definition) is 0. The molecule has 0 radical (unpaired) electrons. The van der Waals surface area contributed by atoms with E-state index in [1.165, 1.54) is 76.1 Å². The second-order valence-electron chi connectivity index (χ2n) is 13.9. The lowest BCUT2D eigenvalue weighted by Crippen LogP contribution is -2.60. The lowest BCUT2D eigenvalue weighted by Gasteiger charge is -2.52. The van der Waals surface area contributed by atoms with Gasteiger partial charge in [-0.1, -0.05) is 6.42 Å². The topological polar surface area (TPSA) is 65.6 Å². The highest BCUT2D eigenvalue weighted by atomic mass is 16.6. The molecule has 37 heavy (non-hydrogen) atoms. The first kappa shape index (κ1) is 28.6. The van der Waals surface area contributed by atoms with Crippen molar-refractivity contribution in [2.24, 2.45) is 11.8 Å². The summed E-state index contributed by atoms with van der Waals surface area (Å²) in [7, 11) is 0. The van der Waals surface area contributed by atoms with Crippen LogP contribution >= 0.6 is 0 Å². The molecular weight excluding hydrogens is 468 g/mol. The molecule has 0 aliphatic carbocycles. The highest BCUT2D eigenvalue weighted by Gasteiger charge is 2.43. The van der Waals surface area contributed by atoms with Crippen LogP contribution in [0.1, 0.15) is 86.5 Å². The maximum Gasteiger partial charge on any atom is 0.419 e. The fourth-order valence-electron chi connectivity index (χ4n) is 6.80. The number of fused-ring (bicyclic) bond motifs is 3. The monoisotopic (exact) mass is 520 g/mol. The van der Waals surface area contributed by atoms with E-state index in [0.29, 0.717) is 18.4 Å². The van der Waals surface area contributed by atoms with E-state index in [2.05, 4.69) is 14.7 Å². The number of nitrogens with zero attached hydrogens (tertiary/aromatic N) is 4. The molecule has 0 saturated carbocycles. The zero-order valence-corrected chi connectivity index (χ0v) is 24.3. The Labute approximate surface area is 225 Å². The SMILES string of the molecule is CC(C)(C)OC(=O)N(C[C@H]1C[C@@H]2CCN1C[C@@H]2CN1CCC(N2CCCCC2)CC1)C(=O)OC(C)(C)C. The highest BCUT2D eigenvalue weighted by molar-refractivity contribution is 5.88. The van der Waals surface area contributed by atoms with Crippen molar-refractivity contribution in [2.75, 3.05) is 52.4 Å². The van der Waals surface area contributed by atoms with Gasteiger partial charge in [0.15, 0.2) is 0 Å². The highest BCUT2D eigenvalue weighted by Crippen LogP contribution is 2.38. The maximum absolute atomic E-state index is 13.0. The third-order valence-electron chi connectivity index (χ3n) is 8.59. The molecule has 1 unspecified atom stereocenters. The molecule has 2 amide bonds. The predicted octanol–water partition coefficient (Wildman–Crippen LogP) is 4.82. The summed E-state index contributed by atoms with van der Waals surface area (Å²) in [5, 5.41) is 0. The van der Waals surface area contributed by atoms with Gasteiger partial charge in [-0.3, -0.25) is 4.90 Å². The van der Waals surface area contributed by atoms with Crippen LogP contribution in [0.2, 0.25) is 0 Å². The van der Waals surface area contributed by atoms with Gasteiger partial charge in [0.25, 0.3) is 0 Å². The molecule has 4 atom stereocenters. The summed E-state index contributed by atoms with van der Waals surface area (Å²) < 4.78 is 11.2. The van der Waals surface area contributed by atoms with Crippen LogP contribution in [-0.4, -0.2) is 107 Å². The normalized spacial score (nSPS) is 30.2. The molecule has 5 rings (SSSR count). The van der Waals surface area contributed by atoms with E-state index in [0.717, 1.165) is 25.6 Å². The van der Waals surface area contributed by atoms with Gasteiger partial charge in [0.1, 0.15) is 11.2 Å². The van der Waals surface area contributed by atoms with Crippen LogP contribution in [0.3, 0.4) is 0 Å². The molecule has 5 aliphatic rings. The average molecular weight is 521 g/mol. The van der Waals surface area contributed by atoms with Crippen molar-refractivity contribution in [2.45, 2.75) is 110 Å². The standard InChI is InChI=1S/C29H52N4O4/c1-28(2,3)36-26(34)33(27(35)37-29(4,5)6)21-25-18-22-10-17-32(25)20-23(22)19-30-15-11-24(12-16-30)31-13-8-7-9-14-31/h22-25H,7-21H2,1-6H3/t22-,23-,25+/m0/s1. The zero-order chi connectivity index (χ0) is 26.8. The van der Waals surface area contributed by atoms with Crippen LogP contribution in [0.15, 0.2) is 0 Å². The zero-order valence-electron chi connectivity index (χ0n) is 24.3. The van der Waals surface area contributed by atoms with Gasteiger partial charge < -0.3 is 19.3 Å². The number of rotatable bonds is 5. The summed E-state index contributed by atoms with van der Waals surface area (Å²) in [6.07, 6.45) is 7.79. The number of amides is 2. The first-order valence-electron chi connectivity index (χ1n) is 14.8. The fraction of sp³-hybridized carbons (Fsp3) is 0.931. The Morgan fingerprint density at radius 1 is 0.784 bits per heavy atom. The number of hydrogen-bond acceptors (Lipinski definition) is 7. The van der Waals surface area contributed by atoms with Gasteiger partial charge in [-0.15, -0.1) is 0 Å². The Morgan fingerprint density at radius 2 is 1.38 bits per heavy atom. The van der Waals surface area contributed by atoms with Crippen molar-refractivity contribution in [3.05, 3.63) is 0 Å². The number of carbonyl (C=O) groups is 2. The van der Waals surface area contributed by atoms with Crippen molar-refractivity contribution in [1.29, 1.82) is 0 Å². The van der Waals surface area contributed by atoms with Gasteiger partial charge in [-0.05, 0) is 125 Å². The molecular formula is C29H52N4O4. The van der Waals surface area contributed by atoms with Crippen molar-refractivity contribution in [3.8, 4) is 0 Å². The molecule has 0 spiro atoms. The molecule has 5 heterocycles. The van der Waals surface area contributed by atoms with Crippen LogP contribution in [-0.2, 0) is 9.47 Å². The van der Waals surface area contributed by atoms with E-state index in [9.17, 15) is 9.59 Å². The van der Waals surface area contributed by atoms with Crippen molar-refractivity contribution >= 4 is 12.2 Å². The largest absolute Gasteiger partial charge is 0.443 e. The van der Waals surface area contributed by atoms with Crippen LogP contribution in [0.4, 0.5) is 9.59 Å². The minimum atomic E-state index is -0.671. The molecule has 0 aromatic heterocycles. The molecule has 5 saturated heterocycles. The first-order chi connectivity index (χ1) is 17.4. The van der Waals surface area contributed by atoms with E-state index in [1.807, 2.05) is 41.5 Å². The molecule has 5 fully saturated rings. The van der Waals surface area contributed by atoms with Gasteiger partial charge in [0, 0.05) is 25.2 Å². The summed E-state index contributed by atoms with van der Waals surface area (Å²) >= 11 is 0. The number of carbonyl (C=O) groups excluding carboxylic acids is 2. The van der Waals surface area contributed by atoms with E-state index < -0.39 is 23.4 Å². The Morgan fingerprint density at radius 3 is 1.89 bits per heavy atom. The van der Waals surface area contributed by atoms with E-state index in [4.69, 9.17) is 9.47 Å². The van der Waals surface area contributed by atoms with Gasteiger partial charge in [0.05, 0.1) is 6.54 Å². The molecule has 0 aromatic rings. The van der Waals surface area contributed by atoms with E-state index in [-0.39, 0.29) is 6.04 Å². The fourth-order valence-corrected chi connectivity index (χ4v) is 6.80. The van der Waals surface area contributed by atoms with Gasteiger partial charge >= 0.3 is 12.2 Å². The van der Waals surface area contributed by atoms with Crippen LogP contribution < -0.4 is 0 Å². The summed E-state index contributed by atoms with van der Waals surface area (Å²) in [6.45, 7) is 19.6. The van der Waals surface area contributed by atoms with Gasteiger partial charge in [-0.2, -0.15) is 0 Å². The van der Waals surface area contributed by atoms with Gasteiger partial charge in [0.2, 0.25) is 0 Å². The van der Waals surface area contributed by atoms with Crippen LogP contribution in [0, 0.1) is 11.8 Å². The number of imide groups is 1. The van der Waals surface area contributed by atoms with Crippen LogP contribution in [0.5, 0.6) is 0 Å². The second kappa shape index (κ2) is 11.8. The third-order valence-corrected chi connectivity index (χ3v) is 8.59. The maximum atomic E-state index is 13.0. The Hall–Kier alpha value is -1.38. The third kappa shape index (κ3) is 8.06. The number of likely N-dealkylation sites (tertiary alicyclic amines) is 2. The van der Waals surface area contributed by atoms with E-state index >= 15 is 0 Å². The smallest absolute Gasteiger partial charge is 0.419 e. The molecule has 2 bridgehead atoms. The summed E-state index contributed by atoms with van der Waals surface area (Å²) in [5.41, 5.74) is -1.34. The van der Waals surface area contributed by atoms with Crippen molar-refractivity contribution in [1.82, 2.24) is 19.6 Å². The molecule has 8 heteroatoms. The quantitative estimate of drug-likeness (QED) is 0.515. The predicted molar refractivity (Wildman–Crippen MR) is 146 cm³/mol. The number of piperidine rings is 5. The van der Waals surface area contributed by atoms with E-state index in [1.54, 1.807) is 0 Å². The average Bonchev–Trinajstić information content (AvgIpc) is 2.82. The minimum absolute atomic E-state index is 0.167. The summed E-state index contributed by atoms with van der Waals surface area (Å²) in [4.78, 5) is 35.2. The summed E-state index contributed by atoms with van der Waals surface area (Å²) in [6, 6.07) is 0.957. The van der Waals surface area contributed by atoms with Crippen LogP contribution in [0.25, 0.3) is 0 Å². The lowest BCUT2D eigenvalue weighted by atomic mass is 9.75. The molecule has 8 nitrogen and oxygen atoms in total. The van der Waals surface area contributed by atoms with Crippen molar-refractivity contribution in [3.63, 3.8) is 0 Å². The second-order valence-corrected chi connectivity index (χ2v) is 13.9.